The Hall–Kier alpha value is -6.03. The zero-order valence-corrected chi connectivity index (χ0v) is 31.2. The molecule has 0 bridgehead atoms. The fourth-order valence-electron chi connectivity index (χ4n) is 7.78. The number of benzene rings is 7. The number of rotatable bonds is 13. The van der Waals surface area contributed by atoms with Gasteiger partial charge in [0, 0.05) is 0 Å². The molecular formula is C48H45O5P. The molecule has 7 aromatic carbocycles. The van der Waals surface area contributed by atoms with Crippen molar-refractivity contribution in [1.82, 2.24) is 0 Å². The second kappa shape index (κ2) is 15.5. The van der Waals surface area contributed by atoms with Crippen LogP contribution in [0.1, 0.15) is 44.5 Å². The average molecular weight is 733 g/mol. The van der Waals surface area contributed by atoms with Crippen LogP contribution in [0.4, 0.5) is 0 Å². The summed E-state index contributed by atoms with van der Waals surface area (Å²) in [7, 11) is 0. The first-order valence-electron chi connectivity index (χ1n) is 18.2. The van der Waals surface area contributed by atoms with Gasteiger partial charge in [0.15, 0.2) is 0 Å². The fourth-order valence-corrected chi connectivity index (χ4v) is 13.8. The second-order valence-corrected chi connectivity index (χ2v) is 19.3. The van der Waals surface area contributed by atoms with Gasteiger partial charge < -0.3 is 0 Å². The van der Waals surface area contributed by atoms with Crippen molar-refractivity contribution in [1.29, 1.82) is 0 Å². The maximum absolute atomic E-state index is 11.1. The molecule has 54 heavy (non-hydrogen) atoms. The predicted octanol–water partition coefficient (Wildman–Crippen LogP) is 10.8. The average Bonchev–Trinajstić information content (AvgIpc) is 3.17. The molecule has 0 radical (unpaired) electrons. The Labute approximate surface area is 317 Å². The molecule has 0 heterocycles. The summed E-state index contributed by atoms with van der Waals surface area (Å²) in [6, 6.07) is 56.1. The maximum atomic E-state index is 11.1. The van der Waals surface area contributed by atoms with Gasteiger partial charge in [0.2, 0.25) is 0 Å². The molecule has 0 fully saturated rings. The molecule has 0 aliphatic heterocycles. The molecule has 0 aromatic heterocycles. The van der Waals surface area contributed by atoms with E-state index in [4.69, 9.17) is 4.52 Å². The third kappa shape index (κ3) is 7.97. The van der Waals surface area contributed by atoms with Gasteiger partial charge in [-0.3, -0.25) is 0 Å². The first-order valence-corrected chi connectivity index (χ1v) is 20.9. The van der Waals surface area contributed by atoms with E-state index < -0.39 is 6.83 Å². The standard InChI is InChI=1S/C48H45O5P/c1-35-26-41(28-39-22-24-43(49)30-46(39)51)48(42(27-35)29-40-23-25-44(50)31-47(40)52)53-54(45-20-12-5-13-21-45,32-36-14-6-2-7-15-36,33-37-16-8-3-9-17-37)34-38-18-10-4-11-19-38/h2-27,30-31,49-52H,28-29,32-34H2,1H3. The third-order valence-electron chi connectivity index (χ3n) is 10.2. The number of phenols is 4. The van der Waals surface area contributed by atoms with Crippen molar-refractivity contribution in [3.8, 4) is 28.7 Å². The van der Waals surface area contributed by atoms with Crippen molar-refractivity contribution < 1.29 is 24.9 Å². The first-order chi connectivity index (χ1) is 26.2. The summed E-state index contributed by atoms with van der Waals surface area (Å²) in [6.07, 6.45) is 2.59. The van der Waals surface area contributed by atoms with Crippen molar-refractivity contribution >= 4 is 12.1 Å². The monoisotopic (exact) mass is 732 g/mol. The van der Waals surface area contributed by atoms with E-state index in [-0.39, 0.29) is 23.0 Å². The van der Waals surface area contributed by atoms with Crippen LogP contribution in [-0.2, 0) is 31.3 Å². The normalized spacial score (nSPS) is 12.1. The van der Waals surface area contributed by atoms with Gasteiger partial charge >= 0.3 is 318 Å². The SMILES string of the molecule is Cc1cc(Cc2ccc(O)cc2O)c(OP(Cc2ccccc2)(Cc2ccccc2)(Cc2ccccc2)c2ccccc2)c(Cc2ccc(O)cc2O)c1. The molecular weight excluding hydrogens is 687 g/mol. The summed E-state index contributed by atoms with van der Waals surface area (Å²) in [5, 5.41) is 43.6. The topological polar surface area (TPSA) is 90.2 Å². The van der Waals surface area contributed by atoms with Crippen LogP contribution >= 0.6 is 6.83 Å². The molecule has 7 rings (SSSR count). The molecule has 0 aliphatic rings. The van der Waals surface area contributed by atoms with E-state index >= 15 is 0 Å². The number of aromatic hydroxyl groups is 4. The van der Waals surface area contributed by atoms with Crippen molar-refractivity contribution in [2.45, 2.75) is 38.3 Å². The van der Waals surface area contributed by atoms with Gasteiger partial charge in [-0.2, -0.15) is 0 Å². The Bertz CT molecular complexity index is 2170. The van der Waals surface area contributed by atoms with Crippen LogP contribution < -0.4 is 9.83 Å². The number of phenolic OH excluding ortho intramolecular Hbond substituents is 4. The van der Waals surface area contributed by atoms with Gasteiger partial charge in [-0.25, -0.2) is 0 Å². The van der Waals surface area contributed by atoms with E-state index in [9.17, 15) is 20.4 Å². The van der Waals surface area contributed by atoms with Crippen LogP contribution in [0.2, 0.25) is 0 Å². The number of aryl methyl sites for hydroxylation is 1. The van der Waals surface area contributed by atoms with Crippen LogP contribution in [0, 0.1) is 6.92 Å². The summed E-state index contributed by atoms with van der Waals surface area (Å²) in [5.41, 5.74) is 7.53. The molecule has 6 heteroatoms. The second-order valence-electron chi connectivity index (χ2n) is 14.4. The number of hydrogen-bond donors (Lipinski definition) is 4. The van der Waals surface area contributed by atoms with Crippen molar-refractivity contribution in [3.63, 3.8) is 0 Å². The molecule has 272 valence electrons. The summed E-state index contributed by atoms with van der Waals surface area (Å²) >= 11 is 0. The molecule has 7 aromatic rings. The van der Waals surface area contributed by atoms with E-state index in [0.717, 1.165) is 38.7 Å². The Kier molecular flexibility index (Phi) is 10.4. The van der Waals surface area contributed by atoms with Gasteiger partial charge in [-0.05, 0) is 0 Å². The molecule has 0 saturated heterocycles. The third-order valence-corrected chi connectivity index (χ3v) is 15.8. The Morgan fingerprint density at radius 1 is 0.426 bits per heavy atom. The first kappa shape index (κ1) is 36.3. The molecule has 0 atom stereocenters. The van der Waals surface area contributed by atoms with Crippen molar-refractivity contribution in [2.24, 2.45) is 0 Å². The molecule has 5 nitrogen and oxygen atoms in total. The van der Waals surface area contributed by atoms with Crippen LogP contribution in [0.25, 0.3) is 0 Å². The zero-order valence-electron chi connectivity index (χ0n) is 30.3. The van der Waals surface area contributed by atoms with Crippen molar-refractivity contribution in [3.05, 3.63) is 214 Å². The van der Waals surface area contributed by atoms with Crippen LogP contribution in [0.15, 0.2) is 170 Å². The summed E-state index contributed by atoms with van der Waals surface area (Å²) in [5.74, 6) is 0.674. The van der Waals surface area contributed by atoms with Gasteiger partial charge in [0.25, 0.3) is 0 Å². The minimum atomic E-state index is -3.79. The van der Waals surface area contributed by atoms with E-state index in [1.165, 1.54) is 12.1 Å². The van der Waals surface area contributed by atoms with Crippen molar-refractivity contribution in [2.75, 3.05) is 0 Å². The van der Waals surface area contributed by atoms with Gasteiger partial charge in [-0.15, -0.1) is 0 Å². The molecule has 0 aliphatic carbocycles. The fraction of sp³-hybridized carbons (Fsp3) is 0.125. The molecule has 0 unspecified atom stereocenters. The quantitative estimate of drug-likeness (QED) is 0.0887. The van der Waals surface area contributed by atoms with E-state index in [1.54, 1.807) is 24.3 Å². The molecule has 0 spiro atoms. The van der Waals surface area contributed by atoms with E-state index in [0.29, 0.717) is 48.2 Å². The molecule has 0 saturated carbocycles. The molecule has 0 amide bonds. The molecule has 4 N–H and O–H groups in total. The number of hydrogen-bond acceptors (Lipinski definition) is 5. The van der Waals surface area contributed by atoms with Gasteiger partial charge in [0.05, 0.1) is 0 Å². The summed E-state index contributed by atoms with van der Waals surface area (Å²) < 4.78 is 8.25. The van der Waals surface area contributed by atoms with Crippen LogP contribution in [-0.4, -0.2) is 20.4 Å². The predicted molar refractivity (Wildman–Crippen MR) is 220 cm³/mol. The van der Waals surface area contributed by atoms with Gasteiger partial charge in [0.1, 0.15) is 0 Å². The minimum absolute atomic E-state index is 0.00131. The van der Waals surface area contributed by atoms with E-state index in [2.05, 4.69) is 109 Å². The van der Waals surface area contributed by atoms with E-state index in [1.807, 2.05) is 31.2 Å². The Morgan fingerprint density at radius 2 is 0.796 bits per heavy atom. The Morgan fingerprint density at radius 3 is 1.17 bits per heavy atom. The summed E-state index contributed by atoms with van der Waals surface area (Å²) in [6.45, 7) is -1.75. The van der Waals surface area contributed by atoms with Gasteiger partial charge in [-0.1, -0.05) is 0 Å². The summed E-state index contributed by atoms with van der Waals surface area (Å²) in [4.78, 5) is 0. The zero-order chi connectivity index (χ0) is 37.6. The Balaban J connectivity index is 1.56. The van der Waals surface area contributed by atoms with Crippen LogP contribution in [0.3, 0.4) is 0 Å². The van der Waals surface area contributed by atoms with Crippen LogP contribution in [0.5, 0.6) is 28.7 Å².